The SMILES string of the molecule is CC1(C)Cc2c(Br)cnn2C1. The maximum absolute atomic E-state index is 4.26. The van der Waals surface area contributed by atoms with Crippen molar-refractivity contribution < 1.29 is 0 Å². The van der Waals surface area contributed by atoms with Gasteiger partial charge < -0.3 is 0 Å². The third-order valence-corrected chi connectivity index (χ3v) is 2.78. The Balaban J connectivity index is 2.42. The zero-order valence-corrected chi connectivity index (χ0v) is 8.35. The van der Waals surface area contributed by atoms with Crippen LogP contribution < -0.4 is 0 Å². The summed E-state index contributed by atoms with van der Waals surface area (Å²) in [6.45, 7) is 5.59. The van der Waals surface area contributed by atoms with E-state index in [4.69, 9.17) is 0 Å². The molecule has 0 radical (unpaired) electrons. The molecule has 1 aromatic rings. The second-order valence-corrected chi connectivity index (χ2v) is 4.79. The van der Waals surface area contributed by atoms with Crippen molar-refractivity contribution in [1.29, 1.82) is 0 Å². The van der Waals surface area contributed by atoms with Crippen LogP contribution in [0.5, 0.6) is 0 Å². The fraction of sp³-hybridized carbons (Fsp3) is 0.625. The average molecular weight is 215 g/mol. The van der Waals surface area contributed by atoms with Crippen molar-refractivity contribution in [2.45, 2.75) is 26.8 Å². The second-order valence-electron chi connectivity index (χ2n) is 3.94. The zero-order valence-electron chi connectivity index (χ0n) is 6.76. The molecule has 0 aromatic carbocycles. The molecule has 11 heavy (non-hydrogen) atoms. The molecule has 0 fully saturated rings. The first-order valence-corrected chi connectivity index (χ1v) is 4.58. The first kappa shape index (κ1) is 7.35. The molecule has 0 spiro atoms. The van der Waals surface area contributed by atoms with Crippen LogP contribution in [-0.2, 0) is 13.0 Å². The van der Waals surface area contributed by atoms with E-state index in [1.807, 2.05) is 6.20 Å². The lowest BCUT2D eigenvalue weighted by Gasteiger charge is -2.13. The van der Waals surface area contributed by atoms with Gasteiger partial charge in [0.15, 0.2) is 0 Å². The maximum Gasteiger partial charge on any atom is 0.0635 e. The van der Waals surface area contributed by atoms with Crippen LogP contribution in [0.2, 0.25) is 0 Å². The predicted octanol–water partition coefficient (Wildman–Crippen LogP) is 2.23. The van der Waals surface area contributed by atoms with Crippen molar-refractivity contribution in [3.05, 3.63) is 16.4 Å². The third-order valence-electron chi connectivity index (χ3n) is 2.12. The first-order chi connectivity index (χ1) is 5.08. The fourth-order valence-electron chi connectivity index (χ4n) is 1.61. The standard InChI is InChI=1S/C8H11BrN2/c1-8(2)3-7-6(9)4-10-11(7)5-8/h4H,3,5H2,1-2H3. The zero-order chi connectivity index (χ0) is 8.06. The molecule has 1 aliphatic heterocycles. The topological polar surface area (TPSA) is 17.8 Å². The Labute approximate surface area is 74.7 Å². The molecule has 2 rings (SSSR count). The van der Waals surface area contributed by atoms with Crippen molar-refractivity contribution >= 4 is 15.9 Å². The van der Waals surface area contributed by atoms with Crippen LogP contribution in [0.15, 0.2) is 10.7 Å². The van der Waals surface area contributed by atoms with E-state index in [1.165, 1.54) is 5.69 Å². The highest BCUT2D eigenvalue weighted by Gasteiger charge is 2.30. The summed E-state index contributed by atoms with van der Waals surface area (Å²) in [5.41, 5.74) is 1.74. The predicted molar refractivity (Wildman–Crippen MR) is 47.4 cm³/mol. The summed E-state index contributed by atoms with van der Waals surface area (Å²) in [5, 5.41) is 4.26. The summed E-state index contributed by atoms with van der Waals surface area (Å²) in [5.74, 6) is 0. The van der Waals surface area contributed by atoms with E-state index in [9.17, 15) is 0 Å². The molecule has 0 unspecified atom stereocenters. The van der Waals surface area contributed by atoms with Gasteiger partial charge in [0.2, 0.25) is 0 Å². The molecule has 0 atom stereocenters. The van der Waals surface area contributed by atoms with Crippen LogP contribution >= 0.6 is 15.9 Å². The molecule has 0 N–H and O–H groups in total. The van der Waals surface area contributed by atoms with Gasteiger partial charge in [-0.3, -0.25) is 4.68 Å². The molecule has 60 valence electrons. The molecule has 0 aliphatic carbocycles. The maximum atomic E-state index is 4.26. The minimum atomic E-state index is 0.395. The van der Waals surface area contributed by atoms with E-state index in [0.29, 0.717) is 5.41 Å². The van der Waals surface area contributed by atoms with Gasteiger partial charge in [0, 0.05) is 6.54 Å². The van der Waals surface area contributed by atoms with Crippen molar-refractivity contribution in [2.24, 2.45) is 5.41 Å². The van der Waals surface area contributed by atoms with Crippen molar-refractivity contribution in [1.82, 2.24) is 9.78 Å². The minimum absolute atomic E-state index is 0.395. The van der Waals surface area contributed by atoms with Crippen LogP contribution in [0.4, 0.5) is 0 Å². The van der Waals surface area contributed by atoms with Gasteiger partial charge in [-0.25, -0.2) is 0 Å². The first-order valence-electron chi connectivity index (χ1n) is 3.79. The summed E-state index contributed by atoms with van der Waals surface area (Å²) in [6, 6.07) is 0. The van der Waals surface area contributed by atoms with Crippen molar-refractivity contribution in [3.63, 3.8) is 0 Å². The Morgan fingerprint density at radius 1 is 1.64 bits per heavy atom. The molecule has 1 aliphatic rings. The van der Waals surface area contributed by atoms with Crippen LogP contribution in [0.3, 0.4) is 0 Å². The summed E-state index contributed by atoms with van der Waals surface area (Å²) in [6.07, 6.45) is 3.01. The van der Waals surface area contributed by atoms with Gasteiger partial charge in [-0.15, -0.1) is 0 Å². The lowest BCUT2D eigenvalue weighted by Crippen LogP contribution is -2.12. The van der Waals surface area contributed by atoms with Gasteiger partial charge in [0.05, 0.1) is 16.4 Å². The van der Waals surface area contributed by atoms with E-state index in [1.54, 1.807) is 0 Å². The number of rotatable bonds is 0. The van der Waals surface area contributed by atoms with Gasteiger partial charge >= 0.3 is 0 Å². The van der Waals surface area contributed by atoms with Gasteiger partial charge in [-0.2, -0.15) is 5.10 Å². The van der Waals surface area contributed by atoms with Crippen LogP contribution in [-0.4, -0.2) is 9.78 Å². The molecule has 2 heterocycles. The number of aromatic nitrogens is 2. The third kappa shape index (κ3) is 1.11. The van der Waals surface area contributed by atoms with Gasteiger partial charge in [0.1, 0.15) is 0 Å². The number of hydrogen-bond donors (Lipinski definition) is 0. The van der Waals surface area contributed by atoms with Gasteiger partial charge in [0.25, 0.3) is 0 Å². The van der Waals surface area contributed by atoms with E-state index < -0.39 is 0 Å². The molecule has 0 saturated carbocycles. The Hall–Kier alpha value is -0.310. The Morgan fingerprint density at radius 2 is 2.36 bits per heavy atom. The number of hydrogen-bond acceptors (Lipinski definition) is 1. The summed E-state index contributed by atoms with van der Waals surface area (Å²) in [4.78, 5) is 0. The number of halogens is 1. The van der Waals surface area contributed by atoms with Crippen LogP contribution in [0.1, 0.15) is 19.5 Å². The Bertz CT molecular complexity index is 288. The average Bonchev–Trinajstić information content (AvgIpc) is 2.31. The molecule has 2 nitrogen and oxygen atoms in total. The summed E-state index contributed by atoms with van der Waals surface area (Å²) >= 11 is 3.49. The van der Waals surface area contributed by atoms with Gasteiger partial charge in [-0.05, 0) is 27.8 Å². The molecule has 3 heteroatoms. The van der Waals surface area contributed by atoms with Gasteiger partial charge in [-0.1, -0.05) is 13.8 Å². The highest BCUT2D eigenvalue weighted by atomic mass is 79.9. The smallest absolute Gasteiger partial charge is 0.0635 e. The normalized spacial score (nSPS) is 20.3. The van der Waals surface area contributed by atoms with Crippen LogP contribution in [0.25, 0.3) is 0 Å². The van der Waals surface area contributed by atoms with E-state index >= 15 is 0 Å². The summed E-state index contributed by atoms with van der Waals surface area (Å²) < 4.78 is 3.24. The highest BCUT2D eigenvalue weighted by molar-refractivity contribution is 9.10. The largest absolute Gasteiger partial charge is 0.268 e. The van der Waals surface area contributed by atoms with Crippen molar-refractivity contribution in [3.8, 4) is 0 Å². The second kappa shape index (κ2) is 2.09. The Kier molecular flexibility index (Phi) is 1.40. The Morgan fingerprint density at radius 3 is 3.00 bits per heavy atom. The van der Waals surface area contributed by atoms with Crippen LogP contribution in [0, 0.1) is 5.41 Å². The molecule has 0 saturated heterocycles. The molecular formula is C8H11BrN2. The molecule has 1 aromatic heterocycles. The van der Waals surface area contributed by atoms with E-state index in [2.05, 4.69) is 39.6 Å². The number of fused-ring (bicyclic) bond motifs is 1. The minimum Gasteiger partial charge on any atom is -0.268 e. The summed E-state index contributed by atoms with van der Waals surface area (Å²) in [7, 11) is 0. The van der Waals surface area contributed by atoms with E-state index in [0.717, 1.165) is 17.4 Å². The van der Waals surface area contributed by atoms with Crippen molar-refractivity contribution in [2.75, 3.05) is 0 Å². The number of nitrogens with zero attached hydrogens (tertiary/aromatic N) is 2. The van der Waals surface area contributed by atoms with E-state index in [-0.39, 0.29) is 0 Å². The fourth-order valence-corrected chi connectivity index (χ4v) is 2.05. The molecular weight excluding hydrogens is 204 g/mol. The highest BCUT2D eigenvalue weighted by Crippen LogP contribution is 2.34. The lowest BCUT2D eigenvalue weighted by atomic mass is 9.91. The monoisotopic (exact) mass is 214 g/mol. The molecule has 0 amide bonds. The molecule has 0 bridgehead atoms. The lowest BCUT2D eigenvalue weighted by molar-refractivity contribution is 0.346. The quantitative estimate of drug-likeness (QED) is 0.648.